The van der Waals surface area contributed by atoms with Crippen LogP contribution in [0.3, 0.4) is 0 Å². The van der Waals surface area contributed by atoms with Crippen LogP contribution in [0.25, 0.3) is 0 Å². The van der Waals surface area contributed by atoms with Gasteiger partial charge in [0, 0.05) is 6.42 Å². The highest BCUT2D eigenvalue weighted by Gasteiger charge is 2.24. The Morgan fingerprint density at radius 3 is 1.21 bits per heavy atom. The summed E-state index contributed by atoms with van der Waals surface area (Å²) in [4.78, 5) is 26.3. The second kappa shape index (κ2) is 55.5. The van der Waals surface area contributed by atoms with Gasteiger partial charge >= 0.3 is 5.97 Å². The fraction of sp³-hybridized carbons (Fsp3) is 0.806. The molecule has 396 valence electrons. The average Bonchev–Trinajstić information content (AvgIpc) is 3.33. The van der Waals surface area contributed by atoms with Crippen LogP contribution >= 0.6 is 0 Å². The van der Waals surface area contributed by atoms with Gasteiger partial charge in [-0.25, -0.2) is 0 Å². The molecule has 0 saturated carbocycles. The van der Waals surface area contributed by atoms with Crippen molar-refractivity contribution in [3.8, 4) is 0 Å². The fourth-order valence-electron chi connectivity index (χ4n) is 8.83. The number of unbranched alkanes of at least 4 members (excludes halogenated alkanes) is 31. The van der Waals surface area contributed by atoms with E-state index in [0.29, 0.717) is 19.3 Å². The van der Waals surface area contributed by atoms with E-state index in [9.17, 15) is 19.8 Å². The summed E-state index contributed by atoms with van der Waals surface area (Å²) in [7, 11) is 0. The molecule has 0 bridgehead atoms. The number of carbonyl (C=O) groups excluding carboxylic acids is 2. The van der Waals surface area contributed by atoms with E-state index < -0.39 is 18.2 Å². The molecule has 0 fully saturated rings. The van der Waals surface area contributed by atoms with Gasteiger partial charge in [-0.15, -0.1) is 0 Å². The van der Waals surface area contributed by atoms with Crippen LogP contribution in [0.5, 0.6) is 0 Å². The molecule has 0 aromatic heterocycles. The van der Waals surface area contributed by atoms with Crippen molar-refractivity contribution in [2.75, 3.05) is 6.61 Å². The summed E-state index contributed by atoms with van der Waals surface area (Å²) in [6, 6.07) is -0.721. The first-order valence-corrected chi connectivity index (χ1v) is 29.5. The molecule has 1 amide bonds. The first-order chi connectivity index (χ1) is 33.5. The van der Waals surface area contributed by atoms with Gasteiger partial charge in [-0.3, -0.25) is 9.59 Å². The Hall–Kier alpha value is -2.44. The Morgan fingerprint density at radius 1 is 0.426 bits per heavy atom. The zero-order valence-electron chi connectivity index (χ0n) is 45.2. The standard InChI is InChI=1S/C62H113NO5/c1-4-7-10-13-16-19-22-25-27-29-30-32-34-37-40-43-46-49-52-55-62(67)68-58(53-50-47-44-41-38-36-33-31-28-26-23-20-17-14-11-8-5-2)56-61(66)63-59(57-64)60(65)54-51-48-45-42-39-35-24-21-18-15-12-9-6-3/h17,20,25-28,33,36,41,44,58-60,64-65H,4-16,18-19,21-24,29-32,34-35,37-40,42-43,45-57H2,1-3H3,(H,63,66)/b20-17-,27-25+,28-26-,36-33-,44-41-. The van der Waals surface area contributed by atoms with Gasteiger partial charge in [0.25, 0.3) is 0 Å². The van der Waals surface area contributed by atoms with E-state index in [1.54, 1.807) is 0 Å². The van der Waals surface area contributed by atoms with E-state index in [0.717, 1.165) is 70.6 Å². The zero-order chi connectivity index (χ0) is 49.5. The lowest BCUT2D eigenvalue weighted by Gasteiger charge is -2.24. The molecule has 0 aliphatic rings. The van der Waals surface area contributed by atoms with E-state index in [1.807, 2.05) is 0 Å². The van der Waals surface area contributed by atoms with Crippen molar-refractivity contribution in [1.29, 1.82) is 0 Å². The quantitative estimate of drug-likeness (QED) is 0.0321. The number of rotatable bonds is 53. The third kappa shape index (κ3) is 50.0. The number of carbonyl (C=O) groups is 2. The van der Waals surface area contributed by atoms with Gasteiger partial charge in [0.2, 0.25) is 5.91 Å². The molecular formula is C62H113NO5. The maximum Gasteiger partial charge on any atom is 0.306 e. The smallest absolute Gasteiger partial charge is 0.306 e. The molecule has 0 radical (unpaired) electrons. The van der Waals surface area contributed by atoms with Gasteiger partial charge in [0.15, 0.2) is 0 Å². The molecule has 0 rings (SSSR count). The lowest BCUT2D eigenvalue weighted by atomic mass is 10.0. The number of allylic oxidation sites excluding steroid dienone is 10. The Kier molecular flexibility index (Phi) is 53.5. The van der Waals surface area contributed by atoms with Crippen LogP contribution < -0.4 is 5.32 Å². The maximum atomic E-state index is 13.3. The van der Waals surface area contributed by atoms with E-state index in [1.165, 1.54) is 180 Å². The molecule has 0 aromatic rings. The van der Waals surface area contributed by atoms with Crippen molar-refractivity contribution in [2.24, 2.45) is 0 Å². The van der Waals surface area contributed by atoms with Crippen molar-refractivity contribution in [3.05, 3.63) is 60.8 Å². The van der Waals surface area contributed by atoms with Crippen LogP contribution in [0.2, 0.25) is 0 Å². The number of aliphatic hydroxyl groups excluding tert-OH is 2. The van der Waals surface area contributed by atoms with Crippen LogP contribution in [0.1, 0.15) is 297 Å². The minimum Gasteiger partial charge on any atom is -0.462 e. The molecule has 0 aliphatic heterocycles. The third-order valence-corrected chi connectivity index (χ3v) is 13.3. The summed E-state index contributed by atoms with van der Waals surface area (Å²) >= 11 is 0. The highest BCUT2D eigenvalue weighted by Crippen LogP contribution is 2.18. The van der Waals surface area contributed by atoms with Crippen LogP contribution in [0.4, 0.5) is 0 Å². The van der Waals surface area contributed by atoms with E-state index in [-0.39, 0.29) is 24.9 Å². The molecule has 0 saturated heterocycles. The van der Waals surface area contributed by atoms with Crippen molar-refractivity contribution in [3.63, 3.8) is 0 Å². The van der Waals surface area contributed by atoms with Gasteiger partial charge in [0.05, 0.1) is 25.2 Å². The van der Waals surface area contributed by atoms with Gasteiger partial charge < -0.3 is 20.3 Å². The predicted octanol–water partition coefficient (Wildman–Crippen LogP) is 18.4. The van der Waals surface area contributed by atoms with Crippen LogP contribution in [-0.4, -0.2) is 46.9 Å². The highest BCUT2D eigenvalue weighted by atomic mass is 16.5. The molecule has 0 spiro atoms. The number of esters is 1. The number of nitrogens with one attached hydrogen (secondary N) is 1. The summed E-state index contributed by atoms with van der Waals surface area (Å²) < 4.78 is 5.94. The Balaban J connectivity index is 4.63. The molecule has 3 N–H and O–H groups in total. The third-order valence-electron chi connectivity index (χ3n) is 13.3. The summed E-state index contributed by atoms with van der Waals surface area (Å²) in [5.74, 6) is -0.522. The van der Waals surface area contributed by atoms with E-state index >= 15 is 0 Å². The highest BCUT2D eigenvalue weighted by molar-refractivity contribution is 5.77. The topological polar surface area (TPSA) is 95.9 Å². The molecule has 0 aromatic carbocycles. The lowest BCUT2D eigenvalue weighted by Crippen LogP contribution is -2.46. The molecule has 6 nitrogen and oxygen atoms in total. The van der Waals surface area contributed by atoms with Crippen LogP contribution in [0, 0.1) is 0 Å². The van der Waals surface area contributed by atoms with Gasteiger partial charge in [-0.1, -0.05) is 255 Å². The van der Waals surface area contributed by atoms with Gasteiger partial charge in [-0.05, 0) is 89.9 Å². The Morgan fingerprint density at radius 2 is 0.765 bits per heavy atom. The first kappa shape index (κ1) is 65.6. The lowest BCUT2D eigenvalue weighted by molar-refractivity contribution is -0.151. The summed E-state index contributed by atoms with van der Waals surface area (Å²) in [5.41, 5.74) is 0. The normalized spacial score (nSPS) is 13.5. The van der Waals surface area contributed by atoms with Crippen LogP contribution in [0.15, 0.2) is 60.8 Å². The minimum atomic E-state index is -0.804. The number of ether oxygens (including phenoxy) is 1. The van der Waals surface area contributed by atoms with Crippen molar-refractivity contribution in [1.82, 2.24) is 5.32 Å². The SMILES string of the molecule is CCCCC/C=C\C/C=C\C/C=C\C/C=C\CCCC(CC(=O)NC(CO)C(O)CCCCCCCCCCCCCCC)OC(=O)CCCCCCCCCCC/C=C/CCCCCCCC. The Bertz CT molecular complexity index is 1210. The molecule has 3 atom stereocenters. The van der Waals surface area contributed by atoms with Crippen LogP contribution in [-0.2, 0) is 14.3 Å². The van der Waals surface area contributed by atoms with Gasteiger partial charge in [-0.2, -0.15) is 0 Å². The number of hydrogen-bond donors (Lipinski definition) is 3. The number of amides is 1. The molecule has 0 heterocycles. The molecule has 68 heavy (non-hydrogen) atoms. The summed E-state index contributed by atoms with van der Waals surface area (Å²) in [6.45, 7) is 6.46. The van der Waals surface area contributed by atoms with E-state index in [2.05, 4.69) is 86.8 Å². The van der Waals surface area contributed by atoms with E-state index in [4.69, 9.17) is 4.74 Å². The van der Waals surface area contributed by atoms with Crippen molar-refractivity contribution >= 4 is 11.9 Å². The largest absolute Gasteiger partial charge is 0.462 e. The second-order valence-electron chi connectivity index (χ2n) is 20.0. The Labute approximate surface area is 422 Å². The average molecular weight is 953 g/mol. The first-order valence-electron chi connectivity index (χ1n) is 29.5. The number of aliphatic hydroxyl groups is 2. The zero-order valence-corrected chi connectivity index (χ0v) is 45.2. The summed E-state index contributed by atoms with van der Waals surface area (Å²) in [6.07, 6.45) is 70.0. The molecule has 0 aliphatic carbocycles. The van der Waals surface area contributed by atoms with Crippen molar-refractivity contribution < 1.29 is 24.5 Å². The minimum absolute atomic E-state index is 0.0395. The second-order valence-corrected chi connectivity index (χ2v) is 20.0. The van der Waals surface area contributed by atoms with Crippen molar-refractivity contribution in [2.45, 2.75) is 315 Å². The molecule has 6 heteroatoms. The monoisotopic (exact) mass is 952 g/mol. The summed E-state index contributed by atoms with van der Waals surface area (Å²) in [5, 5.41) is 23.9. The fourth-order valence-corrected chi connectivity index (χ4v) is 8.83. The van der Waals surface area contributed by atoms with Gasteiger partial charge in [0.1, 0.15) is 6.10 Å². The number of hydrogen-bond acceptors (Lipinski definition) is 5. The maximum absolute atomic E-state index is 13.3. The predicted molar refractivity (Wildman–Crippen MR) is 296 cm³/mol. The molecular weight excluding hydrogens is 839 g/mol. The molecule has 3 unspecified atom stereocenters.